The Labute approximate surface area is 121 Å². The van der Waals surface area contributed by atoms with Gasteiger partial charge in [0.05, 0.1) is 0 Å². The van der Waals surface area contributed by atoms with Gasteiger partial charge in [-0.2, -0.15) is 0 Å². The van der Waals surface area contributed by atoms with Crippen LogP contribution in [0.2, 0.25) is 0 Å². The lowest BCUT2D eigenvalue weighted by Crippen LogP contribution is -2.14. The van der Waals surface area contributed by atoms with Crippen molar-refractivity contribution in [2.45, 2.75) is 33.2 Å². The molecule has 0 bridgehead atoms. The predicted molar refractivity (Wildman–Crippen MR) is 84.5 cm³/mol. The number of nitrogens with one attached hydrogen (secondary N) is 1. The Kier molecular flexibility index (Phi) is 4.80. The number of aryl methyl sites for hydroxylation is 2. The lowest BCUT2D eigenvalue weighted by molar-refractivity contribution is 0.475. The Morgan fingerprint density at radius 2 is 1.90 bits per heavy atom. The van der Waals surface area contributed by atoms with Gasteiger partial charge in [0.15, 0.2) is 0 Å². The maximum Gasteiger partial charge on any atom is 0.130 e. The van der Waals surface area contributed by atoms with Crippen LogP contribution in [0.25, 0.3) is 0 Å². The van der Waals surface area contributed by atoms with Gasteiger partial charge in [-0.1, -0.05) is 31.2 Å². The van der Waals surface area contributed by atoms with E-state index in [1.807, 2.05) is 13.1 Å². The molecule has 0 spiro atoms. The fraction of sp³-hybridized carbons (Fsp3) is 0.333. The third-order valence-electron chi connectivity index (χ3n) is 3.59. The second-order valence-electron chi connectivity index (χ2n) is 5.19. The van der Waals surface area contributed by atoms with Gasteiger partial charge in [0.1, 0.15) is 11.5 Å². The molecule has 0 aliphatic rings. The predicted octanol–water partition coefficient (Wildman–Crippen LogP) is 4.77. The van der Waals surface area contributed by atoms with Gasteiger partial charge in [0, 0.05) is 6.04 Å². The van der Waals surface area contributed by atoms with Crippen LogP contribution in [0.1, 0.15) is 36.1 Å². The quantitative estimate of drug-likeness (QED) is 0.844. The van der Waals surface area contributed by atoms with Gasteiger partial charge < -0.3 is 10.1 Å². The first-order chi connectivity index (χ1) is 9.63. The Morgan fingerprint density at radius 3 is 2.60 bits per heavy atom. The minimum Gasteiger partial charge on any atom is -0.457 e. The lowest BCUT2D eigenvalue weighted by atomic mass is 10.0. The summed E-state index contributed by atoms with van der Waals surface area (Å²) in [6.07, 6.45) is 1.06. The molecule has 1 atom stereocenters. The molecule has 2 rings (SSSR count). The minimum absolute atomic E-state index is 0.372. The average Bonchev–Trinajstić information content (AvgIpc) is 2.45. The highest BCUT2D eigenvalue weighted by atomic mass is 16.5. The fourth-order valence-corrected chi connectivity index (χ4v) is 2.35. The van der Waals surface area contributed by atoms with E-state index < -0.39 is 0 Å². The van der Waals surface area contributed by atoms with Crippen LogP contribution in [0.3, 0.4) is 0 Å². The topological polar surface area (TPSA) is 21.3 Å². The van der Waals surface area contributed by atoms with E-state index in [0.29, 0.717) is 6.04 Å². The van der Waals surface area contributed by atoms with Crippen molar-refractivity contribution in [3.8, 4) is 11.5 Å². The van der Waals surface area contributed by atoms with Gasteiger partial charge in [0.25, 0.3) is 0 Å². The second kappa shape index (κ2) is 6.58. The summed E-state index contributed by atoms with van der Waals surface area (Å²) in [4.78, 5) is 0. The number of rotatable bonds is 5. The van der Waals surface area contributed by atoms with Gasteiger partial charge in [-0.15, -0.1) is 0 Å². The van der Waals surface area contributed by atoms with E-state index in [2.05, 4.69) is 62.5 Å². The molecular weight excluding hydrogens is 246 g/mol. The summed E-state index contributed by atoms with van der Waals surface area (Å²) in [5.41, 5.74) is 3.63. The van der Waals surface area contributed by atoms with Crippen molar-refractivity contribution in [2.24, 2.45) is 0 Å². The number of ether oxygens (including phenoxy) is 1. The Hall–Kier alpha value is -1.80. The smallest absolute Gasteiger partial charge is 0.130 e. The van der Waals surface area contributed by atoms with Crippen molar-refractivity contribution in [3.63, 3.8) is 0 Å². The first kappa shape index (κ1) is 14.6. The molecule has 0 aliphatic carbocycles. The van der Waals surface area contributed by atoms with Crippen molar-refractivity contribution >= 4 is 0 Å². The SMILES string of the molecule is CCC(NC)c1cccc(Oc2cc(C)ccc2C)c1. The molecule has 1 N–H and O–H groups in total. The number of hydrogen-bond donors (Lipinski definition) is 1. The van der Waals surface area contributed by atoms with Crippen LogP contribution in [-0.2, 0) is 0 Å². The molecule has 0 aliphatic heterocycles. The van der Waals surface area contributed by atoms with Crippen LogP contribution in [0.15, 0.2) is 42.5 Å². The molecule has 0 amide bonds. The highest BCUT2D eigenvalue weighted by Gasteiger charge is 2.08. The fourth-order valence-electron chi connectivity index (χ4n) is 2.35. The van der Waals surface area contributed by atoms with Gasteiger partial charge in [0.2, 0.25) is 0 Å². The van der Waals surface area contributed by atoms with Crippen molar-refractivity contribution in [1.29, 1.82) is 0 Å². The molecule has 106 valence electrons. The van der Waals surface area contributed by atoms with Gasteiger partial charge in [-0.3, -0.25) is 0 Å². The van der Waals surface area contributed by atoms with Gasteiger partial charge >= 0.3 is 0 Å². The summed E-state index contributed by atoms with van der Waals surface area (Å²) < 4.78 is 6.04. The van der Waals surface area contributed by atoms with Crippen LogP contribution < -0.4 is 10.1 Å². The highest BCUT2D eigenvalue weighted by Crippen LogP contribution is 2.28. The maximum absolute atomic E-state index is 6.04. The van der Waals surface area contributed by atoms with Crippen molar-refractivity contribution < 1.29 is 4.74 Å². The molecule has 2 nitrogen and oxygen atoms in total. The van der Waals surface area contributed by atoms with Crippen LogP contribution in [0.5, 0.6) is 11.5 Å². The Morgan fingerprint density at radius 1 is 1.10 bits per heavy atom. The summed E-state index contributed by atoms with van der Waals surface area (Å²) in [5.74, 6) is 1.82. The molecule has 0 fully saturated rings. The monoisotopic (exact) mass is 269 g/mol. The molecule has 0 radical (unpaired) electrons. The molecule has 20 heavy (non-hydrogen) atoms. The van der Waals surface area contributed by atoms with Crippen LogP contribution in [0, 0.1) is 13.8 Å². The lowest BCUT2D eigenvalue weighted by Gasteiger charge is -2.16. The van der Waals surface area contributed by atoms with E-state index in [1.54, 1.807) is 0 Å². The molecule has 0 aromatic heterocycles. The molecule has 2 aromatic rings. The Balaban J connectivity index is 2.25. The third-order valence-corrected chi connectivity index (χ3v) is 3.59. The third kappa shape index (κ3) is 3.40. The van der Waals surface area contributed by atoms with E-state index >= 15 is 0 Å². The van der Waals surface area contributed by atoms with Crippen LogP contribution in [0.4, 0.5) is 0 Å². The standard InChI is InChI=1S/C18H23NO/c1-5-17(19-4)15-7-6-8-16(12-15)20-18-11-13(2)9-10-14(18)3/h6-12,17,19H,5H2,1-4H3. The van der Waals surface area contributed by atoms with E-state index in [-0.39, 0.29) is 0 Å². The molecule has 2 heteroatoms. The summed E-state index contributed by atoms with van der Waals surface area (Å²) in [5, 5.41) is 3.32. The summed E-state index contributed by atoms with van der Waals surface area (Å²) in [6, 6.07) is 15.0. The van der Waals surface area contributed by atoms with E-state index in [4.69, 9.17) is 4.74 Å². The average molecular weight is 269 g/mol. The summed E-state index contributed by atoms with van der Waals surface area (Å²) >= 11 is 0. The van der Waals surface area contributed by atoms with Gasteiger partial charge in [-0.05, 0) is 62.2 Å². The van der Waals surface area contributed by atoms with E-state index in [1.165, 1.54) is 11.1 Å². The van der Waals surface area contributed by atoms with Crippen molar-refractivity contribution in [1.82, 2.24) is 5.32 Å². The van der Waals surface area contributed by atoms with Crippen molar-refractivity contribution in [2.75, 3.05) is 7.05 Å². The molecule has 2 aromatic carbocycles. The van der Waals surface area contributed by atoms with Crippen LogP contribution in [-0.4, -0.2) is 7.05 Å². The van der Waals surface area contributed by atoms with Gasteiger partial charge in [-0.25, -0.2) is 0 Å². The zero-order valence-corrected chi connectivity index (χ0v) is 12.7. The summed E-state index contributed by atoms with van der Waals surface area (Å²) in [7, 11) is 1.99. The molecule has 0 heterocycles. The molecule has 1 unspecified atom stereocenters. The first-order valence-corrected chi connectivity index (χ1v) is 7.16. The summed E-state index contributed by atoms with van der Waals surface area (Å²) in [6.45, 7) is 6.33. The Bertz CT molecular complexity index is 573. The maximum atomic E-state index is 6.04. The first-order valence-electron chi connectivity index (χ1n) is 7.16. The largest absolute Gasteiger partial charge is 0.457 e. The van der Waals surface area contributed by atoms with E-state index in [9.17, 15) is 0 Å². The zero-order chi connectivity index (χ0) is 14.5. The van der Waals surface area contributed by atoms with Crippen LogP contribution >= 0.6 is 0 Å². The highest BCUT2D eigenvalue weighted by molar-refractivity contribution is 5.41. The number of benzene rings is 2. The molecule has 0 saturated heterocycles. The molecular formula is C18H23NO. The molecule has 0 saturated carbocycles. The number of hydrogen-bond acceptors (Lipinski definition) is 2. The van der Waals surface area contributed by atoms with E-state index in [0.717, 1.165) is 23.5 Å². The normalized spacial score (nSPS) is 12.2. The second-order valence-corrected chi connectivity index (χ2v) is 5.19. The van der Waals surface area contributed by atoms with Crippen molar-refractivity contribution in [3.05, 3.63) is 59.2 Å². The zero-order valence-electron chi connectivity index (χ0n) is 12.7. The minimum atomic E-state index is 0.372.